The summed E-state index contributed by atoms with van der Waals surface area (Å²) in [6, 6.07) is 6.45. The van der Waals surface area contributed by atoms with Crippen LogP contribution in [0.4, 0.5) is 5.82 Å². The summed E-state index contributed by atoms with van der Waals surface area (Å²) in [6.07, 6.45) is 7.17. The molecule has 0 aromatic carbocycles. The lowest BCUT2D eigenvalue weighted by atomic mass is 9.93. The maximum absolute atomic E-state index is 4.55. The van der Waals surface area contributed by atoms with Crippen LogP contribution < -0.4 is 5.32 Å². The first-order valence-electron chi connectivity index (χ1n) is 7.43. The summed E-state index contributed by atoms with van der Waals surface area (Å²) in [4.78, 5) is 4.34. The van der Waals surface area contributed by atoms with Crippen molar-refractivity contribution in [3.05, 3.63) is 41.9 Å². The van der Waals surface area contributed by atoms with Crippen molar-refractivity contribution in [2.24, 2.45) is 5.92 Å². The minimum atomic E-state index is 0.467. The van der Waals surface area contributed by atoms with E-state index in [1.54, 1.807) is 0 Å². The van der Waals surface area contributed by atoms with Gasteiger partial charge in [0, 0.05) is 24.5 Å². The Kier molecular flexibility index (Phi) is 3.72. The number of aromatic nitrogens is 3. The van der Waals surface area contributed by atoms with E-state index in [-0.39, 0.29) is 0 Å². The van der Waals surface area contributed by atoms with Crippen molar-refractivity contribution in [3.8, 4) is 0 Å². The first-order valence-corrected chi connectivity index (χ1v) is 7.43. The van der Waals surface area contributed by atoms with Crippen LogP contribution in [0.5, 0.6) is 0 Å². The number of fused-ring (bicyclic) bond motifs is 1. The SMILES string of the molecule is CC(C)Cn1ncc2c1CCC(Nc1ccccn1)C2. The lowest BCUT2D eigenvalue weighted by Crippen LogP contribution is -2.28. The molecule has 1 aliphatic carbocycles. The van der Waals surface area contributed by atoms with Crippen LogP contribution in [-0.2, 0) is 19.4 Å². The molecule has 2 aromatic rings. The smallest absolute Gasteiger partial charge is 0.126 e. The van der Waals surface area contributed by atoms with Crippen LogP contribution in [0, 0.1) is 5.92 Å². The summed E-state index contributed by atoms with van der Waals surface area (Å²) in [6.45, 7) is 5.50. The molecule has 0 fully saturated rings. The summed E-state index contributed by atoms with van der Waals surface area (Å²) >= 11 is 0. The Morgan fingerprint density at radius 3 is 3.05 bits per heavy atom. The Morgan fingerprint density at radius 2 is 2.30 bits per heavy atom. The standard InChI is InChI=1S/C16H22N4/c1-12(2)11-20-15-7-6-14(9-13(15)10-18-20)19-16-5-3-4-8-17-16/h3-5,8,10,12,14H,6-7,9,11H2,1-2H3,(H,17,19). The first-order chi connectivity index (χ1) is 9.72. The van der Waals surface area contributed by atoms with E-state index in [2.05, 4.69) is 33.9 Å². The second kappa shape index (κ2) is 5.65. The Hall–Kier alpha value is -1.84. The molecular formula is C16H22N4. The minimum absolute atomic E-state index is 0.467. The van der Waals surface area contributed by atoms with Gasteiger partial charge in [-0.1, -0.05) is 19.9 Å². The molecule has 20 heavy (non-hydrogen) atoms. The van der Waals surface area contributed by atoms with E-state index in [1.165, 1.54) is 11.3 Å². The summed E-state index contributed by atoms with van der Waals surface area (Å²) in [5.74, 6) is 1.61. The number of nitrogens with zero attached hydrogens (tertiary/aromatic N) is 3. The predicted octanol–water partition coefficient (Wildman–Crippen LogP) is 2.90. The number of rotatable bonds is 4. The second-order valence-electron chi connectivity index (χ2n) is 5.99. The van der Waals surface area contributed by atoms with Crippen molar-refractivity contribution in [1.29, 1.82) is 0 Å². The summed E-state index contributed by atoms with van der Waals surface area (Å²) in [5, 5.41) is 8.08. The lowest BCUT2D eigenvalue weighted by molar-refractivity contribution is 0.457. The van der Waals surface area contributed by atoms with Gasteiger partial charge in [-0.15, -0.1) is 0 Å². The fourth-order valence-corrected chi connectivity index (χ4v) is 2.87. The normalized spacial score (nSPS) is 18.1. The number of anilines is 1. The van der Waals surface area contributed by atoms with Crippen LogP contribution in [-0.4, -0.2) is 20.8 Å². The molecule has 2 heterocycles. The molecule has 1 atom stereocenters. The third-order valence-corrected chi connectivity index (χ3v) is 3.79. The summed E-state index contributed by atoms with van der Waals surface area (Å²) < 4.78 is 2.19. The maximum atomic E-state index is 4.55. The highest BCUT2D eigenvalue weighted by Gasteiger charge is 2.22. The average Bonchev–Trinajstić information content (AvgIpc) is 2.82. The quantitative estimate of drug-likeness (QED) is 0.929. The van der Waals surface area contributed by atoms with E-state index in [0.29, 0.717) is 12.0 Å². The minimum Gasteiger partial charge on any atom is -0.367 e. The molecular weight excluding hydrogens is 248 g/mol. The molecule has 0 bridgehead atoms. The number of hydrogen-bond donors (Lipinski definition) is 1. The van der Waals surface area contributed by atoms with Gasteiger partial charge in [-0.25, -0.2) is 4.98 Å². The number of hydrogen-bond acceptors (Lipinski definition) is 3. The summed E-state index contributed by atoms with van der Waals surface area (Å²) in [5.41, 5.74) is 2.82. The molecule has 0 amide bonds. The molecule has 1 aliphatic rings. The fourth-order valence-electron chi connectivity index (χ4n) is 2.87. The van der Waals surface area contributed by atoms with Crippen LogP contribution in [0.1, 0.15) is 31.5 Å². The zero-order valence-corrected chi connectivity index (χ0v) is 12.2. The lowest BCUT2D eigenvalue weighted by Gasteiger charge is -2.24. The van der Waals surface area contributed by atoms with Gasteiger partial charge in [0.2, 0.25) is 0 Å². The van der Waals surface area contributed by atoms with E-state index in [4.69, 9.17) is 0 Å². The first kappa shape index (κ1) is 13.2. The zero-order chi connectivity index (χ0) is 13.9. The number of pyridine rings is 1. The molecule has 0 radical (unpaired) electrons. The van der Waals surface area contributed by atoms with Crippen molar-refractivity contribution in [1.82, 2.24) is 14.8 Å². The molecule has 106 valence electrons. The molecule has 0 spiro atoms. The van der Waals surface area contributed by atoms with E-state index < -0.39 is 0 Å². The molecule has 2 aromatic heterocycles. The fraction of sp³-hybridized carbons (Fsp3) is 0.500. The van der Waals surface area contributed by atoms with Crippen LogP contribution in [0.3, 0.4) is 0 Å². The van der Waals surface area contributed by atoms with Crippen molar-refractivity contribution in [3.63, 3.8) is 0 Å². The van der Waals surface area contributed by atoms with Gasteiger partial charge < -0.3 is 5.32 Å². The average molecular weight is 270 g/mol. The molecule has 1 unspecified atom stereocenters. The molecule has 0 saturated heterocycles. The van der Waals surface area contributed by atoms with Gasteiger partial charge in [-0.3, -0.25) is 4.68 Å². The largest absolute Gasteiger partial charge is 0.367 e. The van der Waals surface area contributed by atoms with Crippen LogP contribution >= 0.6 is 0 Å². The van der Waals surface area contributed by atoms with Gasteiger partial charge >= 0.3 is 0 Å². The van der Waals surface area contributed by atoms with E-state index in [0.717, 1.165) is 31.6 Å². The Morgan fingerprint density at radius 1 is 1.40 bits per heavy atom. The van der Waals surface area contributed by atoms with Crippen molar-refractivity contribution in [2.45, 2.75) is 45.7 Å². The van der Waals surface area contributed by atoms with Gasteiger partial charge in [0.05, 0.1) is 6.20 Å². The molecule has 3 rings (SSSR count). The monoisotopic (exact) mass is 270 g/mol. The van der Waals surface area contributed by atoms with Crippen molar-refractivity contribution in [2.75, 3.05) is 5.32 Å². The summed E-state index contributed by atoms with van der Waals surface area (Å²) in [7, 11) is 0. The predicted molar refractivity (Wildman–Crippen MR) is 80.7 cm³/mol. The molecule has 0 saturated carbocycles. The van der Waals surface area contributed by atoms with Crippen LogP contribution in [0.15, 0.2) is 30.6 Å². The topological polar surface area (TPSA) is 42.7 Å². The highest BCUT2D eigenvalue weighted by Crippen LogP contribution is 2.23. The van der Waals surface area contributed by atoms with E-state index in [1.807, 2.05) is 30.6 Å². The second-order valence-corrected chi connectivity index (χ2v) is 5.99. The Bertz CT molecular complexity index is 559. The van der Waals surface area contributed by atoms with E-state index >= 15 is 0 Å². The van der Waals surface area contributed by atoms with Crippen LogP contribution in [0.25, 0.3) is 0 Å². The molecule has 1 N–H and O–H groups in total. The Labute approximate surface area is 120 Å². The molecule has 4 nitrogen and oxygen atoms in total. The van der Waals surface area contributed by atoms with Gasteiger partial charge in [-0.05, 0) is 42.9 Å². The third kappa shape index (κ3) is 2.84. The Balaban J connectivity index is 1.68. The van der Waals surface area contributed by atoms with Gasteiger partial charge in [0.25, 0.3) is 0 Å². The van der Waals surface area contributed by atoms with E-state index in [9.17, 15) is 0 Å². The molecule has 0 aliphatic heterocycles. The van der Waals surface area contributed by atoms with Gasteiger partial charge in [0.15, 0.2) is 0 Å². The maximum Gasteiger partial charge on any atom is 0.126 e. The van der Waals surface area contributed by atoms with Crippen molar-refractivity contribution >= 4 is 5.82 Å². The molecule has 4 heteroatoms. The third-order valence-electron chi connectivity index (χ3n) is 3.79. The van der Waals surface area contributed by atoms with Crippen molar-refractivity contribution < 1.29 is 0 Å². The highest BCUT2D eigenvalue weighted by atomic mass is 15.3. The zero-order valence-electron chi connectivity index (χ0n) is 12.2. The highest BCUT2D eigenvalue weighted by molar-refractivity contribution is 5.36. The van der Waals surface area contributed by atoms with Crippen LogP contribution in [0.2, 0.25) is 0 Å². The number of nitrogens with one attached hydrogen (secondary N) is 1. The van der Waals surface area contributed by atoms with Gasteiger partial charge in [-0.2, -0.15) is 5.10 Å². The van der Waals surface area contributed by atoms with Gasteiger partial charge in [0.1, 0.15) is 5.82 Å².